The maximum atomic E-state index is 12.4. The van der Waals surface area contributed by atoms with E-state index in [1.165, 1.54) is 7.11 Å². The first-order chi connectivity index (χ1) is 11.9. The van der Waals surface area contributed by atoms with E-state index >= 15 is 0 Å². The molecule has 2 aromatic rings. The molecule has 0 aliphatic rings. The number of methoxy groups -OCH3 is 2. The molecule has 6 nitrogen and oxygen atoms in total. The number of carbonyl (C=O) groups is 2. The highest BCUT2D eigenvalue weighted by atomic mass is 16.5. The molecule has 0 atom stereocenters. The molecule has 0 aromatic heterocycles. The van der Waals surface area contributed by atoms with Gasteiger partial charge in [0.2, 0.25) is 0 Å². The number of rotatable bonds is 5. The summed E-state index contributed by atoms with van der Waals surface area (Å²) >= 11 is 0. The number of para-hydroxylation sites is 1. The molecular formula is C19H22N2O4. The second-order valence-electron chi connectivity index (χ2n) is 5.97. The molecule has 2 amide bonds. The zero-order valence-corrected chi connectivity index (χ0v) is 14.8. The number of esters is 1. The van der Waals surface area contributed by atoms with Gasteiger partial charge < -0.3 is 20.1 Å². The lowest BCUT2D eigenvalue weighted by Crippen LogP contribution is -2.43. The number of anilines is 1. The molecule has 25 heavy (non-hydrogen) atoms. The molecule has 2 aromatic carbocycles. The maximum Gasteiger partial charge on any atom is 0.339 e. The lowest BCUT2D eigenvalue weighted by molar-refractivity contribution is 0.0602. The minimum absolute atomic E-state index is 0.294. The van der Waals surface area contributed by atoms with E-state index in [0.29, 0.717) is 11.3 Å². The van der Waals surface area contributed by atoms with Gasteiger partial charge in [0.15, 0.2) is 0 Å². The van der Waals surface area contributed by atoms with Crippen molar-refractivity contribution in [1.29, 1.82) is 0 Å². The Kier molecular flexibility index (Phi) is 5.64. The molecule has 0 saturated carbocycles. The Balaban J connectivity index is 2.12. The van der Waals surface area contributed by atoms with E-state index in [-0.39, 0.29) is 0 Å². The fourth-order valence-corrected chi connectivity index (χ4v) is 2.40. The van der Waals surface area contributed by atoms with Crippen LogP contribution >= 0.6 is 0 Å². The summed E-state index contributed by atoms with van der Waals surface area (Å²) in [5, 5.41) is 5.60. The number of ether oxygens (including phenoxy) is 2. The highest BCUT2D eigenvalue weighted by molar-refractivity contribution is 6.00. The summed E-state index contributed by atoms with van der Waals surface area (Å²) in [7, 11) is 2.90. The lowest BCUT2D eigenvalue weighted by Gasteiger charge is -2.27. The van der Waals surface area contributed by atoms with Crippen molar-refractivity contribution in [2.45, 2.75) is 19.4 Å². The van der Waals surface area contributed by atoms with Crippen LogP contribution in [0.1, 0.15) is 29.8 Å². The van der Waals surface area contributed by atoms with Crippen LogP contribution in [0.4, 0.5) is 10.5 Å². The Bertz CT molecular complexity index is 754. The summed E-state index contributed by atoms with van der Waals surface area (Å²) in [5.74, 6) is 0.237. The number of hydrogen-bond donors (Lipinski definition) is 2. The van der Waals surface area contributed by atoms with Crippen LogP contribution in [0.25, 0.3) is 0 Å². The van der Waals surface area contributed by atoms with E-state index in [2.05, 4.69) is 10.6 Å². The Morgan fingerprint density at radius 2 is 1.60 bits per heavy atom. The van der Waals surface area contributed by atoms with Crippen molar-refractivity contribution >= 4 is 17.7 Å². The first kappa shape index (κ1) is 18.3. The second kappa shape index (κ2) is 7.70. The van der Waals surface area contributed by atoms with Crippen LogP contribution in [0.15, 0.2) is 48.5 Å². The molecular weight excluding hydrogens is 320 g/mol. The highest BCUT2D eigenvalue weighted by Gasteiger charge is 2.23. The third-order valence-electron chi connectivity index (χ3n) is 3.82. The molecule has 0 aliphatic heterocycles. The van der Waals surface area contributed by atoms with Gasteiger partial charge in [0, 0.05) is 0 Å². The van der Waals surface area contributed by atoms with Crippen molar-refractivity contribution in [2.24, 2.45) is 0 Å². The predicted octanol–water partition coefficient (Wildman–Crippen LogP) is 3.54. The number of carbonyl (C=O) groups excluding carboxylic acids is 2. The van der Waals surface area contributed by atoms with Gasteiger partial charge in [0.25, 0.3) is 0 Å². The van der Waals surface area contributed by atoms with Crippen LogP contribution in [0.3, 0.4) is 0 Å². The van der Waals surface area contributed by atoms with Gasteiger partial charge in [0.05, 0.1) is 31.0 Å². The van der Waals surface area contributed by atoms with E-state index in [1.807, 2.05) is 38.1 Å². The summed E-state index contributed by atoms with van der Waals surface area (Å²) < 4.78 is 9.87. The van der Waals surface area contributed by atoms with E-state index < -0.39 is 17.5 Å². The first-order valence-corrected chi connectivity index (χ1v) is 7.78. The summed E-state index contributed by atoms with van der Waals surface area (Å²) in [6, 6.07) is 13.7. The minimum Gasteiger partial charge on any atom is -0.497 e. The van der Waals surface area contributed by atoms with Crippen molar-refractivity contribution in [3.05, 3.63) is 59.7 Å². The summed E-state index contributed by atoms with van der Waals surface area (Å²) in [6.07, 6.45) is 0. The SMILES string of the molecule is COC(=O)c1ccccc1NC(=O)NC(C)(C)c1ccc(OC)cc1. The van der Waals surface area contributed by atoms with Crippen molar-refractivity contribution < 1.29 is 19.1 Å². The fourth-order valence-electron chi connectivity index (χ4n) is 2.40. The van der Waals surface area contributed by atoms with E-state index in [1.54, 1.807) is 31.4 Å². The molecule has 0 bridgehead atoms. The van der Waals surface area contributed by atoms with Crippen LogP contribution in [0, 0.1) is 0 Å². The molecule has 2 rings (SSSR count). The first-order valence-electron chi connectivity index (χ1n) is 7.78. The van der Waals surface area contributed by atoms with Gasteiger partial charge in [-0.1, -0.05) is 24.3 Å². The average Bonchev–Trinajstić information content (AvgIpc) is 2.61. The van der Waals surface area contributed by atoms with Gasteiger partial charge in [-0.05, 0) is 43.7 Å². The Hall–Kier alpha value is -3.02. The number of nitrogens with one attached hydrogen (secondary N) is 2. The topological polar surface area (TPSA) is 76.7 Å². The predicted molar refractivity (Wildman–Crippen MR) is 96.0 cm³/mol. The van der Waals surface area contributed by atoms with Gasteiger partial charge in [-0.25, -0.2) is 9.59 Å². The molecule has 0 heterocycles. The lowest BCUT2D eigenvalue weighted by atomic mass is 9.94. The van der Waals surface area contributed by atoms with Gasteiger partial charge in [-0.2, -0.15) is 0 Å². The highest BCUT2D eigenvalue weighted by Crippen LogP contribution is 2.23. The van der Waals surface area contributed by atoms with Crippen molar-refractivity contribution in [3.63, 3.8) is 0 Å². The van der Waals surface area contributed by atoms with E-state index in [4.69, 9.17) is 9.47 Å². The number of amides is 2. The summed E-state index contributed by atoms with van der Waals surface area (Å²) in [4.78, 5) is 24.2. The zero-order chi connectivity index (χ0) is 18.4. The standard InChI is InChI=1S/C19H22N2O4/c1-19(2,13-9-11-14(24-3)12-10-13)21-18(23)20-16-8-6-5-7-15(16)17(22)25-4/h5-12H,1-4H3,(H2,20,21,23). The van der Waals surface area contributed by atoms with Gasteiger partial charge in [0.1, 0.15) is 5.75 Å². The third kappa shape index (κ3) is 4.50. The number of benzene rings is 2. The van der Waals surface area contributed by atoms with Gasteiger partial charge in [-0.3, -0.25) is 0 Å². The van der Waals surface area contributed by atoms with Crippen molar-refractivity contribution in [3.8, 4) is 5.75 Å². The molecule has 0 spiro atoms. The van der Waals surface area contributed by atoms with Crippen LogP contribution in [-0.2, 0) is 10.3 Å². The number of hydrogen-bond acceptors (Lipinski definition) is 4. The molecule has 0 aliphatic carbocycles. The number of urea groups is 1. The van der Waals surface area contributed by atoms with Crippen molar-refractivity contribution in [1.82, 2.24) is 5.32 Å². The summed E-state index contributed by atoms with van der Waals surface area (Å²) in [5.41, 5.74) is 0.987. The molecule has 0 fully saturated rings. The third-order valence-corrected chi connectivity index (χ3v) is 3.82. The van der Waals surface area contributed by atoms with Crippen LogP contribution < -0.4 is 15.4 Å². The van der Waals surface area contributed by atoms with E-state index in [0.717, 1.165) is 11.3 Å². The molecule has 132 valence electrons. The smallest absolute Gasteiger partial charge is 0.339 e. The van der Waals surface area contributed by atoms with Crippen molar-refractivity contribution in [2.75, 3.05) is 19.5 Å². The van der Waals surface area contributed by atoms with Crippen LogP contribution in [0.5, 0.6) is 5.75 Å². The van der Waals surface area contributed by atoms with E-state index in [9.17, 15) is 9.59 Å². The molecule has 0 saturated heterocycles. The quantitative estimate of drug-likeness (QED) is 0.815. The van der Waals surface area contributed by atoms with Crippen LogP contribution in [0.2, 0.25) is 0 Å². The average molecular weight is 342 g/mol. The maximum absolute atomic E-state index is 12.4. The Labute approximate surface area is 147 Å². The Morgan fingerprint density at radius 3 is 2.20 bits per heavy atom. The van der Waals surface area contributed by atoms with Gasteiger partial charge in [-0.15, -0.1) is 0 Å². The molecule has 0 unspecified atom stereocenters. The molecule has 0 radical (unpaired) electrons. The Morgan fingerprint density at radius 1 is 0.960 bits per heavy atom. The molecule has 2 N–H and O–H groups in total. The normalized spacial score (nSPS) is 10.7. The largest absolute Gasteiger partial charge is 0.497 e. The fraction of sp³-hybridized carbons (Fsp3) is 0.263. The second-order valence-corrected chi connectivity index (χ2v) is 5.97. The van der Waals surface area contributed by atoms with Gasteiger partial charge >= 0.3 is 12.0 Å². The molecule has 6 heteroatoms. The van der Waals surface area contributed by atoms with Crippen LogP contribution in [-0.4, -0.2) is 26.2 Å². The monoisotopic (exact) mass is 342 g/mol. The summed E-state index contributed by atoms with van der Waals surface area (Å²) in [6.45, 7) is 3.78. The minimum atomic E-state index is -0.615. The zero-order valence-electron chi connectivity index (χ0n) is 14.8.